The van der Waals surface area contributed by atoms with Crippen molar-refractivity contribution in [1.29, 1.82) is 0 Å². The fraction of sp³-hybridized carbons (Fsp3) is 0.556. The molecule has 0 radical (unpaired) electrons. The molecular weight excluding hydrogens is 484 g/mol. The molecule has 3 aromatic heterocycles. The number of imidazole rings is 2. The number of rotatable bonds is 9. The van der Waals surface area contributed by atoms with Gasteiger partial charge in [-0.3, -0.25) is 4.57 Å². The Hall–Kier alpha value is -3.12. The van der Waals surface area contributed by atoms with Crippen LogP contribution in [0.25, 0.3) is 22.2 Å². The van der Waals surface area contributed by atoms with E-state index in [2.05, 4.69) is 26.0 Å². The quantitative estimate of drug-likeness (QED) is 0.244. The number of nitrogens with zero attached hydrogens (tertiary/aromatic N) is 6. The van der Waals surface area contributed by atoms with Crippen molar-refractivity contribution in [2.75, 3.05) is 18.9 Å². The van der Waals surface area contributed by atoms with Crippen LogP contribution >= 0.6 is 0 Å². The van der Waals surface area contributed by atoms with Crippen LogP contribution in [-0.2, 0) is 16.6 Å². The van der Waals surface area contributed by atoms with E-state index < -0.39 is 0 Å². The Labute approximate surface area is 221 Å². The van der Waals surface area contributed by atoms with Gasteiger partial charge >= 0.3 is 0 Å². The predicted molar refractivity (Wildman–Crippen MR) is 142 cm³/mol. The van der Waals surface area contributed by atoms with E-state index in [1.165, 1.54) is 11.4 Å². The fourth-order valence-corrected chi connectivity index (χ4v) is 5.68. The number of hydrogen-bond donors (Lipinski definition) is 4. The summed E-state index contributed by atoms with van der Waals surface area (Å²) in [6.07, 6.45) is 8.50. The maximum Gasteiger partial charge on any atom is 0.167 e. The summed E-state index contributed by atoms with van der Waals surface area (Å²) in [4.78, 5) is 20.8. The minimum absolute atomic E-state index is 0.0445. The molecule has 1 aliphatic carbocycles. The zero-order valence-corrected chi connectivity index (χ0v) is 21.9. The molecular formula is C27H36N8O3. The third-order valence-corrected chi connectivity index (χ3v) is 8.30. The van der Waals surface area contributed by atoms with E-state index in [0.717, 1.165) is 60.9 Å². The van der Waals surface area contributed by atoms with Gasteiger partial charge < -0.3 is 25.8 Å². The molecule has 1 unspecified atom stereocenters. The largest absolute Gasteiger partial charge is 0.395 e. The first-order chi connectivity index (χ1) is 18.3. The number of nitrogen functional groups attached to an aromatic ring is 1. The zero-order valence-electron chi connectivity index (χ0n) is 21.9. The molecule has 2 atom stereocenters. The molecule has 1 saturated carbocycles. The Bertz CT molecular complexity index is 1430. The summed E-state index contributed by atoms with van der Waals surface area (Å²) in [5.41, 5.74) is 9.95. The molecule has 1 saturated heterocycles. The van der Waals surface area contributed by atoms with Gasteiger partial charge in [0.15, 0.2) is 11.5 Å². The van der Waals surface area contributed by atoms with Crippen LogP contribution < -0.4 is 5.73 Å². The van der Waals surface area contributed by atoms with Crippen molar-refractivity contribution >= 4 is 28.0 Å². The summed E-state index contributed by atoms with van der Waals surface area (Å²) < 4.78 is 8.14. The van der Waals surface area contributed by atoms with E-state index in [0.29, 0.717) is 29.4 Å². The summed E-state index contributed by atoms with van der Waals surface area (Å²) >= 11 is 0. The highest BCUT2D eigenvalue weighted by Gasteiger charge is 2.36. The summed E-state index contributed by atoms with van der Waals surface area (Å²) in [6.45, 7) is 4.67. The van der Waals surface area contributed by atoms with Crippen LogP contribution in [0.4, 0.5) is 5.82 Å². The van der Waals surface area contributed by atoms with Gasteiger partial charge in [-0.25, -0.2) is 19.9 Å². The van der Waals surface area contributed by atoms with Crippen molar-refractivity contribution in [2.45, 2.75) is 76.2 Å². The molecule has 6 rings (SSSR count). The Balaban J connectivity index is 0.971. The SMILES string of the molecule is CC(C)(CO)c1ccc2nc(CCC3CC(N(O)CC4CC[C@H](n5cnc6c(N)ncnc65)O4)C3)[nH]c2c1. The topological polar surface area (TPSA) is 151 Å². The second-order valence-corrected chi connectivity index (χ2v) is 11.5. The van der Waals surface area contributed by atoms with Crippen molar-refractivity contribution in [2.24, 2.45) is 5.92 Å². The average molecular weight is 521 g/mol. The van der Waals surface area contributed by atoms with Crippen molar-refractivity contribution in [3.63, 3.8) is 0 Å². The van der Waals surface area contributed by atoms with Crippen LogP contribution in [0.2, 0.25) is 0 Å². The first-order valence-electron chi connectivity index (χ1n) is 13.4. The minimum atomic E-state index is -0.279. The number of anilines is 1. The highest BCUT2D eigenvalue weighted by atomic mass is 16.5. The van der Waals surface area contributed by atoms with Gasteiger partial charge in [-0.2, -0.15) is 5.06 Å². The van der Waals surface area contributed by atoms with Crippen LogP contribution in [0.1, 0.15) is 63.6 Å². The summed E-state index contributed by atoms with van der Waals surface area (Å²) in [5, 5.41) is 21.9. The van der Waals surface area contributed by atoms with E-state index in [1.54, 1.807) is 6.33 Å². The Morgan fingerprint density at radius 2 is 2.05 bits per heavy atom. The number of ether oxygens (including phenoxy) is 1. The summed E-state index contributed by atoms with van der Waals surface area (Å²) in [7, 11) is 0. The smallest absolute Gasteiger partial charge is 0.167 e. The molecule has 0 amide bonds. The highest BCUT2D eigenvalue weighted by molar-refractivity contribution is 5.81. The van der Waals surface area contributed by atoms with Gasteiger partial charge in [0.25, 0.3) is 0 Å². The fourth-order valence-electron chi connectivity index (χ4n) is 5.68. The third-order valence-electron chi connectivity index (χ3n) is 8.30. The number of aromatic nitrogens is 6. The maximum atomic E-state index is 10.7. The number of benzene rings is 1. The predicted octanol–water partition coefficient (Wildman–Crippen LogP) is 3.33. The molecule has 5 N–H and O–H groups in total. The van der Waals surface area contributed by atoms with Gasteiger partial charge in [-0.05, 0) is 55.7 Å². The van der Waals surface area contributed by atoms with Crippen LogP contribution in [-0.4, -0.2) is 70.2 Å². The van der Waals surface area contributed by atoms with Crippen LogP contribution in [0.5, 0.6) is 0 Å². The standard InChI is InChI=1S/C27H36N8O3/c1-27(2,13-36)17-4-6-20-21(11-17)33-22(32-20)7-3-16-9-18(10-16)35(37)12-19-5-8-23(38-19)34-15-31-24-25(28)29-14-30-26(24)34/h4,6,11,14-16,18-19,23,36-37H,3,5,7-10,12-13H2,1-2H3,(H,32,33)(H2,28,29,30)/t16?,18?,19?,23-/m1/s1. The molecule has 0 bridgehead atoms. The van der Waals surface area contributed by atoms with Gasteiger partial charge in [-0.15, -0.1) is 0 Å². The zero-order chi connectivity index (χ0) is 26.4. The van der Waals surface area contributed by atoms with Crippen molar-refractivity contribution in [3.8, 4) is 0 Å². The lowest BCUT2D eigenvalue weighted by molar-refractivity contribution is -0.179. The van der Waals surface area contributed by atoms with Gasteiger partial charge in [-0.1, -0.05) is 19.9 Å². The number of hydroxylamine groups is 2. The monoisotopic (exact) mass is 520 g/mol. The molecule has 4 heterocycles. The number of nitrogens with one attached hydrogen (secondary N) is 1. The Morgan fingerprint density at radius 1 is 1.21 bits per heavy atom. The number of H-pyrrole nitrogens is 1. The molecule has 1 aliphatic heterocycles. The van der Waals surface area contributed by atoms with Gasteiger partial charge in [0.05, 0.1) is 36.6 Å². The molecule has 11 heteroatoms. The molecule has 11 nitrogen and oxygen atoms in total. The molecule has 38 heavy (non-hydrogen) atoms. The first kappa shape index (κ1) is 25.2. The van der Waals surface area contributed by atoms with Gasteiger partial charge in [0.1, 0.15) is 23.9 Å². The second kappa shape index (κ2) is 9.88. The summed E-state index contributed by atoms with van der Waals surface area (Å²) in [5.74, 6) is 1.93. The van der Waals surface area contributed by atoms with Crippen LogP contribution in [0, 0.1) is 5.92 Å². The van der Waals surface area contributed by atoms with E-state index >= 15 is 0 Å². The Kier molecular flexibility index (Phi) is 6.55. The lowest BCUT2D eigenvalue weighted by atomic mass is 9.77. The third kappa shape index (κ3) is 4.75. The molecule has 4 aromatic rings. The second-order valence-electron chi connectivity index (χ2n) is 11.5. The number of aliphatic hydroxyl groups excluding tert-OH is 1. The number of aromatic amines is 1. The molecule has 2 fully saturated rings. The van der Waals surface area contributed by atoms with E-state index in [4.69, 9.17) is 15.5 Å². The lowest BCUT2D eigenvalue weighted by Crippen LogP contribution is -2.46. The van der Waals surface area contributed by atoms with Crippen molar-refractivity contribution < 1.29 is 15.1 Å². The Morgan fingerprint density at radius 3 is 2.87 bits per heavy atom. The molecule has 2 aliphatic rings. The number of hydrogen-bond acceptors (Lipinski definition) is 9. The number of aliphatic hydroxyl groups is 1. The average Bonchev–Trinajstić information content (AvgIpc) is 3.60. The van der Waals surface area contributed by atoms with Gasteiger partial charge in [0, 0.05) is 17.9 Å². The highest BCUT2D eigenvalue weighted by Crippen LogP contribution is 2.36. The molecule has 1 aromatic carbocycles. The number of aryl methyl sites for hydroxylation is 1. The lowest BCUT2D eigenvalue weighted by Gasteiger charge is -2.40. The minimum Gasteiger partial charge on any atom is -0.395 e. The van der Waals surface area contributed by atoms with E-state index in [1.807, 2.05) is 30.5 Å². The normalized spacial score (nSPS) is 24.0. The van der Waals surface area contributed by atoms with E-state index in [9.17, 15) is 10.3 Å². The number of nitrogens with two attached hydrogens (primary N) is 1. The van der Waals surface area contributed by atoms with Crippen molar-refractivity contribution in [1.82, 2.24) is 34.6 Å². The first-order valence-corrected chi connectivity index (χ1v) is 13.4. The summed E-state index contributed by atoms with van der Waals surface area (Å²) in [6, 6.07) is 6.34. The number of fused-ring (bicyclic) bond motifs is 2. The molecule has 0 spiro atoms. The maximum absolute atomic E-state index is 10.7. The van der Waals surface area contributed by atoms with Gasteiger partial charge in [0.2, 0.25) is 0 Å². The van der Waals surface area contributed by atoms with Crippen molar-refractivity contribution in [3.05, 3.63) is 42.2 Å². The molecule has 202 valence electrons. The van der Waals surface area contributed by atoms with Crippen LogP contribution in [0.3, 0.4) is 0 Å². The van der Waals surface area contributed by atoms with E-state index in [-0.39, 0.29) is 30.4 Å². The van der Waals surface area contributed by atoms with Crippen LogP contribution in [0.15, 0.2) is 30.9 Å².